The number of anilines is 1. The van der Waals surface area contributed by atoms with E-state index in [-0.39, 0.29) is 30.1 Å². The molecule has 11 heteroatoms. The van der Waals surface area contributed by atoms with Crippen LogP contribution in [-0.2, 0) is 23.9 Å². The van der Waals surface area contributed by atoms with Crippen LogP contribution in [0.5, 0.6) is 0 Å². The van der Waals surface area contributed by atoms with Gasteiger partial charge in [0.2, 0.25) is 17.7 Å². The second kappa shape index (κ2) is 10.1. The number of esters is 1. The number of nitrogens with zero attached hydrogens (tertiary/aromatic N) is 1. The van der Waals surface area contributed by atoms with Gasteiger partial charge in [0.1, 0.15) is 6.29 Å². The van der Waals surface area contributed by atoms with E-state index in [2.05, 4.69) is 21.3 Å². The van der Waals surface area contributed by atoms with Crippen molar-refractivity contribution in [1.82, 2.24) is 20.9 Å². The van der Waals surface area contributed by atoms with E-state index in [1.807, 2.05) is 4.90 Å². The maximum absolute atomic E-state index is 13.1. The number of amides is 3. The minimum atomic E-state index is -0.828. The zero-order valence-electron chi connectivity index (χ0n) is 18.3. The summed E-state index contributed by atoms with van der Waals surface area (Å²) >= 11 is 5.98. The van der Waals surface area contributed by atoms with Crippen molar-refractivity contribution in [2.45, 2.75) is 38.6 Å². The average Bonchev–Trinajstić information content (AvgIpc) is 2.78. The first-order valence-electron chi connectivity index (χ1n) is 11.2. The predicted molar refractivity (Wildman–Crippen MR) is 120 cm³/mol. The molecule has 4 unspecified atom stereocenters. The summed E-state index contributed by atoms with van der Waals surface area (Å²) in [6.45, 7) is 3.32. The number of carbonyl (C=O) groups excluding carboxylic acids is 4. The summed E-state index contributed by atoms with van der Waals surface area (Å²) < 4.78 is 5.11. The normalized spacial score (nSPS) is 28.3. The Morgan fingerprint density at radius 3 is 2.67 bits per heavy atom. The van der Waals surface area contributed by atoms with E-state index < -0.39 is 30.2 Å². The SMILES string of the molecule is CCOC(=O)C1CCN(C2NC(=O)C3C(NC(=O)CC3C(=O)Nc3cccc(Cl)c3)N2)CC1. The Bertz CT molecular complexity index is 936. The summed E-state index contributed by atoms with van der Waals surface area (Å²) in [4.78, 5) is 52.4. The van der Waals surface area contributed by atoms with Crippen molar-refractivity contribution < 1.29 is 23.9 Å². The quantitative estimate of drug-likeness (QED) is 0.458. The molecule has 3 saturated heterocycles. The zero-order valence-corrected chi connectivity index (χ0v) is 19.1. The molecular formula is C22H28ClN5O5. The van der Waals surface area contributed by atoms with Crippen molar-refractivity contribution in [2.24, 2.45) is 17.8 Å². The number of rotatable bonds is 5. The van der Waals surface area contributed by atoms with Crippen LogP contribution in [-0.4, -0.2) is 60.7 Å². The number of halogens is 1. The van der Waals surface area contributed by atoms with Crippen LogP contribution in [0.1, 0.15) is 26.2 Å². The van der Waals surface area contributed by atoms with Gasteiger partial charge in [-0.2, -0.15) is 0 Å². The standard InChI is InChI=1S/C22H28ClN5O5/c1-2-33-21(32)12-6-8-28(9-7-12)22-26-18-17(20(31)27-22)15(11-16(29)25-18)19(30)24-14-5-3-4-13(23)10-14/h3-5,10,12,15,17-18,22,26H,2,6-9,11H2,1H3,(H,24,30)(H,25,29)(H,27,31). The maximum Gasteiger partial charge on any atom is 0.309 e. The van der Waals surface area contributed by atoms with E-state index in [4.69, 9.17) is 16.3 Å². The molecule has 3 aliphatic rings. The molecule has 10 nitrogen and oxygen atoms in total. The van der Waals surface area contributed by atoms with Crippen molar-refractivity contribution in [2.75, 3.05) is 25.0 Å². The zero-order chi connectivity index (χ0) is 23.5. The molecule has 3 heterocycles. The minimum absolute atomic E-state index is 0.0851. The third-order valence-corrected chi connectivity index (χ3v) is 6.61. The number of piperidine rings is 2. The van der Waals surface area contributed by atoms with Crippen LogP contribution >= 0.6 is 11.6 Å². The Balaban J connectivity index is 1.40. The van der Waals surface area contributed by atoms with Crippen LogP contribution in [0.2, 0.25) is 5.02 Å². The number of hydrogen-bond donors (Lipinski definition) is 4. The lowest BCUT2D eigenvalue weighted by atomic mass is 9.81. The highest BCUT2D eigenvalue weighted by Crippen LogP contribution is 2.29. The molecule has 0 aromatic heterocycles. The monoisotopic (exact) mass is 477 g/mol. The van der Waals surface area contributed by atoms with Gasteiger partial charge in [0.15, 0.2) is 0 Å². The molecule has 0 spiro atoms. The van der Waals surface area contributed by atoms with Crippen molar-refractivity contribution in [3.8, 4) is 0 Å². The topological polar surface area (TPSA) is 129 Å². The van der Waals surface area contributed by atoms with Gasteiger partial charge in [-0.25, -0.2) is 0 Å². The Hall–Kier alpha value is -2.69. The lowest BCUT2D eigenvalue weighted by Gasteiger charge is -2.47. The number of hydrogen-bond acceptors (Lipinski definition) is 7. The van der Waals surface area contributed by atoms with Gasteiger partial charge in [0, 0.05) is 30.2 Å². The Kier molecular flexibility index (Phi) is 7.16. The molecule has 0 saturated carbocycles. The average molecular weight is 478 g/mol. The largest absolute Gasteiger partial charge is 0.466 e. The van der Waals surface area contributed by atoms with Gasteiger partial charge in [-0.3, -0.25) is 29.4 Å². The summed E-state index contributed by atoms with van der Waals surface area (Å²) in [5.74, 6) is -2.94. The van der Waals surface area contributed by atoms with Gasteiger partial charge in [0.05, 0.1) is 30.5 Å². The van der Waals surface area contributed by atoms with Crippen LogP contribution in [0.15, 0.2) is 24.3 Å². The number of carbonyl (C=O) groups is 4. The van der Waals surface area contributed by atoms with Crippen molar-refractivity contribution in [3.63, 3.8) is 0 Å². The van der Waals surface area contributed by atoms with E-state index in [1.165, 1.54) is 0 Å². The Morgan fingerprint density at radius 1 is 1.21 bits per heavy atom. The van der Waals surface area contributed by atoms with E-state index in [0.29, 0.717) is 43.2 Å². The Labute approximate surface area is 196 Å². The van der Waals surface area contributed by atoms with Gasteiger partial charge < -0.3 is 20.7 Å². The van der Waals surface area contributed by atoms with Crippen LogP contribution in [0, 0.1) is 17.8 Å². The number of fused-ring (bicyclic) bond motifs is 1. The molecule has 1 aromatic rings. The molecular weight excluding hydrogens is 450 g/mol. The second-order valence-corrected chi connectivity index (χ2v) is 8.96. The number of likely N-dealkylation sites (tertiary alicyclic amines) is 1. The van der Waals surface area contributed by atoms with E-state index >= 15 is 0 Å². The third-order valence-electron chi connectivity index (χ3n) is 6.38. The molecule has 4 N–H and O–H groups in total. The Morgan fingerprint density at radius 2 is 1.97 bits per heavy atom. The summed E-state index contributed by atoms with van der Waals surface area (Å²) in [5, 5.41) is 12.2. The predicted octanol–water partition coefficient (Wildman–Crippen LogP) is 0.635. The lowest BCUT2D eigenvalue weighted by molar-refractivity contribution is -0.152. The molecule has 3 fully saturated rings. The van der Waals surface area contributed by atoms with E-state index in [0.717, 1.165) is 0 Å². The summed E-state index contributed by atoms with van der Waals surface area (Å²) in [7, 11) is 0. The van der Waals surface area contributed by atoms with Crippen molar-refractivity contribution in [1.29, 1.82) is 0 Å². The number of ether oxygens (including phenoxy) is 1. The van der Waals surface area contributed by atoms with Crippen molar-refractivity contribution >= 4 is 41.0 Å². The minimum Gasteiger partial charge on any atom is -0.466 e. The first kappa shape index (κ1) is 23.5. The molecule has 178 valence electrons. The smallest absolute Gasteiger partial charge is 0.309 e. The first-order valence-corrected chi connectivity index (χ1v) is 11.6. The van der Waals surface area contributed by atoms with Gasteiger partial charge in [-0.15, -0.1) is 0 Å². The van der Waals surface area contributed by atoms with Crippen LogP contribution in [0.4, 0.5) is 5.69 Å². The van der Waals surface area contributed by atoms with E-state index in [9.17, 15) is 19.2 Å². The molecule has 0 aliphatic carbocycles. The third kappa shape index (κ3) is 5.29. The second-order valence-electron chi connectivity index (χ2n) is 8.52. The molecule has 33 heavy (non-hydrogen) atoms. The van der Waals surface area contributed by atoms with Gasteiger partial charge in [-0.1, -0.05) is 17.7 Å². The molecule has 1 aromatic carbocycles. The first-order chi connectivity index (χ1) is 15.9. The fraction of sp³-hybridized carbons (Fsp3) is 0.545. The summed E-state index contributed by atoms with van der Waals surface area (Å²) in [5.41, 5.74) is 0.501. The molecule has 4 atom stereocenters. The van der Waals surface area contributed by atoms with Crippen LogP contribution in [0.25, 0.3) is 0 Å². The highest BCUT2D eigenvalue weighted by Gasteiger charge is 2.49. The molecule has 0 bridgehead atoms. The summed E-state index contributed by atoms with van der Waals surface area (Å²) in [6, 6.07) is 6.70. The van der Waals surface area contributed by atoms with E-state index in [1.54, 1.807) is 31.2 Å². The number of nitrogens with one attached hydrogen (secondary N) is 4. The van der Waals surface area contributed by atoms with Crippen molar-refractivity contribution in [3.05, 3.63) is 29.3 Å². The molecule has 3 aliphatic heterocycles. The van der Waals surface area contributed by atoms with Gasteiger partial charge >= 0.3 is 5.97 Å². The highest BCUT2D eigenvalue weighted by molar-refractivity contribution is 6.30. The number of benzene rings is 1. The molecule has 4 rings (SSSR count). The summed E-state index contributed by atoms with van der Waals surface area (Å²) in [6.07, 6.45) is -0.0197. The molecule has 0 radical (unpaired) electrons. The lowest BCUT2D eigenvalue weighted by Crippen LogP contribution is -2.74. The molecule has 3 amide bonds. The fourth-order valence-electron chi connectivity index (χ4n) is 4.71. The maximum atomic E-state index is 13.1. The van der Waals surface area contributed by atoms with Crippen LogP contribution < -0.4 is 21.3 Å². The van der Waals surface area contributed by atoms with Crippen LogP contribution in [0.3, 0.4) is 0 Å². The fourth-order valence-corrected chi connectivity index (χ4v) is 4.90. The highest BCUT2D eigenvalue weighted by atomic mass is 35.5. The van der Waals surface area contributed by atoms with Gasteiger partial charge in [0.25, 0.3) is 0 Å². The van der Waals surface area contributed by atoms with Gasteiger partial charge in [-0.05, 0) is 38.0 Å².